The Labute approximate surface area is 176 Å². The second-order valence-corrected chi connectivity index (χ2v) is 9.53. The van der Waals surface area contributed by atoms with Gasteiger partial charge >= 0.3 is 12.0 Å². The van der Waals surface area contributed by atoms with Gasteiger partial charge in [0.2, 0.25) is 5.91 Å². The summed E-state index contributed by atoms with van der Waals surface area (Å²) in [5.74, 6) is -0.789. The van der Waals surface area contributed by atoms with E-state index >= 15 is 0 Å². The molecule has 1 aliphatic heterocycles. The van der Waals surface area contributed by atoms with E-state index in [-0.39, 0.29) is 29.4 Å². The quantitative estimate of drug-likeness (QED) is 0.597. The van der Waals surface area contributed by atoms with Crippen LogP contribution in [0, 0.1) is 5.41 Å². The van der Waals surface area contributed by atoms with Crippen LogP contribution in [0.25, 0.3) is 0 Å². The zero-order valence-electron chi connectivity index (χ0n) is 19.3. The van der Waals surface area contributed by atoms with Crippen LogP contribution in [0.3, 0.4) is 0 Å². The summed E-state index contributed by atoms with van der Waals surface area (Å²) >= 11 is 0. The van der Waals surface area contributed by atoms with E-state index in [2.05, 4.69) is 10.6 Å². The van der Waals surface area contributed by atoms with E-state index in [0.29, 0.717) is 12.8 Å². The fourth-order valence-corrected chi connectivity index (χ4v) is 3.94. The van der Waals surface area contributed by atoms with E-state index in [1.165, 1.54) is 7.11 Å². The highest BCUT2D eigenvalue weighted by atomic mass is 16.5. The minimum atomic E-state index is -0.711. The summed E-state index contributed by atoms with van der Waals surface area (Å²) in [7, 11) is 1.32. The first kappa shape index (κ1) is 25.2. The number of urea groups is 1. The Kier molecular flexibility index (Phi) is 9.93. The number of likely N-dealkylation sites (tertiary alicyclic amines) is 1. The van der Waals surface area contributed by atoms with Gasteiger partial charge in [-0.15, -0.1) is 0 Å². The minimum absolute atomic E-state index is 0.143. The van der Waals surface area contributed by atoms with Gasteiger partial charge in [0.05, 0.1) is 7.11 Å². The Bertz CT molecular complexity index is 549. The lowest BCUT2D eigenvalue weighted by Crippen LogP contribution is -2.58. The lowest BCUT2D eigenvalue weighted by molar-refractivity contribution is -0.145. The molecule has 0 saturated carbocycles. The van der Waals surface area contributed by atoms with Crippen LogP contribution in [0.15, 0.2) is 0 Å². The van der Waals surface area contributed by atoms with E-state index in [1.807, 2.05) is 46.4 Å². The number of ether oxygens (including phenoxy) is 1. The van der Waals surface area contributed by atoms with E-state index in [9.17, 15) is 14.4 Å². The molecule has 4 atom stereocenters. The highest BCUT2D eigenvalue weighted by Gasteiger charge is 2.34. The molecule has 2 N–H and O–H groups in total. The topological polar surface area (TPSA) is 87.7 Å². The average molecular weight is 412 g/mol. The van der Waals surface area contributed by atoms with E-state index in [0.717, 1.165) is 32.1 Å². The van der Waals surface area contributed by atoms with Crippen LogP contribution in [-0.4, -0.2) is 54.1 Å². The van der Waals surface area contributed by atoms with Crippen molar-refractivity contribution in [3.63, 3.8) is 0 Å². The Balaban J connectivity index is 2.93. The van der Waals surface area contributed by atoms with Crippen molar-refractivity contribution in [1.29, 1.82) is 0 Å². The number of unbranched alkanes of at least 4 members (excludes halogenated alkanes) is 1. The molecule has 0 aliphatic carbocycles. The third kappa shape index (κ3) is 8.23. The summed E-state index contributed by atoms with van der Waals surface area (Å²) < 4.78 is 4.85. The molecule has 168 valence electrons. The van der Waals surface area contributed by atoms with Crippen molar-refractivity contribution in [1.82, 2.24) is 15.5 Å². The molecular formula is C22H41N3O4. The van der Waals surface area contributed by atoms with Gasteiger partial charge in [-0.1, -0.05) is 40.5 Å². The lowest BCUT2D eigenvalue weighted by atomic mass is 9.87. The molecule has 1 saturated heterocycles. The molecule has 0 aromatic carbocycles. The minimum Gasteiger partial charge on any atom is -0.467 e. The van der Waals surface area contributed by atoms with Gasteiger partial charge in [0.15, 0.2) is 0 Å². The van der Waals surface area contributed by atoms with Gasteiger partial charge in [0.25, 0.3) is 0 Å². The molecule has 29 heavy (non-hydrogen) atoms. The average Bonchev–Trinajstić information content (AvgIpc) is 2.62. The molecule has 0 aromatic rings. The van der Waals surface area contributed by atoms with Crippen LogP contribution >= 0.6 is 0 Å². The largest absolute Gasteiger partial charge is 0.467 e. The molecule has 7 nitrogen and oxygen atoms in total. The normalized spacial score (nSPS) is 21.8. The summed E-state index contributed by atoms with van der Waals surface area (Å²) in [6.45, 7) is 12.2. The van der Waals surface area contributed by atoms with Crippen molar-refractivity contribution in [2.24, 2.45) is 5.41 Å². The Morgan fingerprint density at radius 1 is 1.07 bits per heavy atom. The summed E-state index contributed by atoms with van der Waals surface area (Å²) in [5.41, 5.74) is -0.168. The Hall–Kier alpha value is -1.79. The number of carbonyl (C=O) groups excluding carboxylic acids is 3. The third-order valence-electron chi connectivity index (χ3n) is 5.51. The molecule has 3 amide bonds. The van der Waals surface area contributed by atoms with Crippen molar-refractivity contribution in [2.75, 3.05) is 7.11 Å². The number of nitrogens with zero attached hydrogens (tertiary/aromatic N) is 1. The SMILES string of the molecule is CCCC[C@@H](NC(=O)[C@H](CC(C)(C)C)NC(=O)N1[C@H](C)CCC[C@@H]1C)C(=O)OC. The van der Waals surface area contributed by atoms with Crippen LogP contribution in [0.4, 0.5) is 4.79 Å². The number of rotatable bonds is 8. The first-order chi connectivity index (χ1) is 13.5. The van der Waals surface area contributed by atoms with Gasteiger partial charge < -0.3 is 20.3 Å². The first-order valence-electron chi connectivity index (χ1n) is 11.0. The number of methoxy groups -OCH3 is 1. The highest BCUT2D eigenvalue weighted by molar-refractivity contribution is 5.90. The predicted octanol–water partition coefficient (Wildman–Crippen LogP) is 3.61. The summed E-state index contributed by atoms with van der Waals surface area (Å²) in [6, 6.07) is -1.33. The summed E-state index contributed by atoms with van der Waals surface area (Å²) in [4.78, 5) is 40.0. The number of hydrogen-bond donors (Lipinski definition) is 2. The maximum absolute atomic E-state index is 13.0. The summed E-state index contributed by atoms with van der Waals surface area (Å²) in [6.07, 6.45) is 5.75. The van der Waals surface area contributed by atoms with Crippen LogP contribution in [0.2, 0.25) is 0 Å². The molecule has 0 unspecified atom stereocenters. The van der Waals surface area contributed by atoms with Crippen molar-refractivity contribution in [2.45, 2.75) is 111 Å². The molecule has 1 aliphatic rings. The number of piperidine rings is 1. The number of nitrogens with one attached hydrogen (secondary N) is 2. The van der Waals surface area contributed by atoms with Crippen molar-refractivity contribution in [3.05, 3.63) is 0 Å². The molecule has 0 spiro atoms. The fourth-order valence-electron chi connectivity index (χ4n) is 3.94. The van der Waals surface area contributed by atoms with E-state index in [1.54, 1.807) is 0 Å². The van der Waals surface area contributed by atoms with Crippen LogP contribution < -0.4 is 10.6 Å². The molecular weight excluding hydrogens is 370 g/mol. The smallest absolute Gasteiger partial charge is 0.328 e. The third-order valence-corrected chi connectivity index (χ3v) is 5.51. The van der Waals surface area contributed by atoms with Gasteiger partial charge in [0, 0.05) is 12.1 Å². The van der Waals surface area contributed by atoms with Gasteiger partial charge in [0.1, 0.15) is 12.1 Å². The number of hydrogen-bond acceptors (Lipinski definition) is 4. The monoisotopic (exact) mass is 411 g/mol. The fraction of sp³-hybridized carbons (Fsp3) is 0.864. The number of esters is 1. The molecule has 0 radical (unpaired) electrons. The molecule has 1 rings (SSSR count). The molecule has 0 aromatic heterocycles. The van der Waals surface area contributed by atoms with Gasteiger partial charge in [-0.3, -0.25) is 4.79 Å². The van der Waals surface area contributed by atoms with Gasteiger partial charge in [-0.25, -0.2) is 9.59 Å². The molecule has 7 heteroatoms. The zero-order valence-corrected chi connectivity index (χ0v) is 19.3. The highest BCUT2D eigenvalue weighted by Crippen LogP contribution is 2.24. The Morgan fingerprint density at radius 3 is 2.14 bits per heavy atom. The number of carbonyl (C=O) groups is 3. The standard InChI is InChI=1S/C22H41N3O4/c1-8-9-13-17(20(27)29-7)23-19(26)18(14-22(4,5)6)24-21(28)25-15(2)11-10-12-16(25)3/h15-18H,8-14H2,1-7H3,(H,23,26)(H,24,28)/t15-,16+,17-,18+/m1/s1. The molecule has 0 bridgehead atoms. The second kappa shape index (κ2) is 11.4. The maximum Gasteiger partial charge on any atom is 0.328 e. The summed E-state index contributed by atoms with van der Waals surface area (Å²) in [5, 5.41) is 5.75. The maximum atomic E-state index is 13.0. The second-order valence-electron chi connectivity index (χ2n) is 9.53. The van der Waals surface area contributed by atoms with Crippen molar-refractivity contribution < 1.29 is 19.1 Å². The Morgan fingerprint density at radius 2 is 1.66 bits per heavy atom. The zero-order chi connectivity index (χ0) is 22.2. The van der Waals surface area contributed by atoms with E-state index < -0.39 is 18.1 Å². The van der Waals surface area contributed by atoms with Gasteiger partial charge in [-0.05, 0) is 51.4 Å². The van der Waals surface area contributed by atoms with Crippen molar-refractivity contribution >= 4 is 17.9 Å². The number of amides is 3. The van der Waals surface area contributed by atoms with Gasteiger partial charge in [-0.2, -0.15) is 0 Å². The van der Waals surface area contributed by atoms with E-state index in [4.69, 9.17) is 4.74 Å². The predicted molar refractivity (Wildman–Crippen MR) is 114 cm³/mol. The first-order valence-corrected chi connectivity index (χ1v) is 11.0. The van der Waals surface area contributed by atoms with Crippen LogP contribution in [-0.2, 0) is 14.3 Å². The van der Waals surface area contributed by atoms with Crippen molar-refractivity contribution in [3.8, 4) is 0 Å². The van der Waals surface area contributed by atoms with Crippen LogP contribution in [0.5, 0.6) is 0 Å². The lowest BCUT2D eigenvalue weighted by Gasteiger charge is -2.40. The molecule has 1 heterocycles. The molecule has 1 fully saturated rings. The van der Waals surface area contributed by atoms with Crippen LogP contribution in [0.1, 0.15) is 86.5 Å².